The third-order valence-corrected chi connectivity index (χ3v) is 3.74. The van der Waals surface area contributed by atoms with Crippen LogP contribution in [0.25, 0.3) is 0 Å². The molecule has 2 N–H and O–H groups in total. The van der Waals surface area contributed by atoms with Crippen molar-refractivity contribution < 1.29 is 4.79 Å². The second-order valence-corrected chi connectivity index (χ2v) is 4.87. The number of carbonyl (C=O) groups is 1. The van der Waals surface area contributed by atoms with Crippen LogP contribution in [0.15, 0.2) is 0 Å². The van der Waals surface area contributed by atoms with Crippen molar-refractivity contribution in [3.8, 4) is 0 Å². The van der Waals surface area contributed by atoms with Crippen molar-refractivity contribution in [2.45, 2.75) is 64.0 Å². The molecule has 0 saturated heterocycles. The lowest BCUT2D eigenvalue weighted by atomic mass is 9.75. The first-order chi connectivity index (χ1) is 7.02. The molecule has 0 unspecified atom stereocenters. The molecule has 0 aromatic carbocycles. The van der Waals surface area contributed by atoms with E-state index in [-0.39, 0.29) is 11.4 Å². The van der Waals surface area contributed by atoms with Gasteiger partial charge in [-0.2, -0.15) is 0 Å². The van der Waals surface area contributed by atoms with Gasteiger partial charge in [-0.15, -0.1) is 0 Å². The molecule has 0 aromatic heterocycles. The minimum Gasteiger partial charge on any atom is -0.343 e. The van der Waals surface area contributed by atoms with Crippen molar-refractivity contribution in [1.29, 1.82) is 0 Å². The van der Waals surface area contributed by atoms with Gasteiger partial charge >= 0.3 is 0 Å². The van der Waals surface area contributed by atoms with Crippen LogP contribution in [0, 0.1) is 0 Å². The number of hydrogen-bond donors (Lipinski definition) is 1. The molecule has 1 amide bonds. The Hall–Kier alpha value is -0.570. The summed E-state index contributed by atoms with van der Waals surface area (Å²) in [7, 11) is 1.90. The molecule has 1 fully saturated rings. The zero-order valence-corrected chi connectivity index (χ0v) is 10.3. The number of carbonyl (C=O) groups excluding carboxylic acids is 1. The summed E-state index contributed by atoms with van der Waals surface area (Å²) in [4.78, 5) is 13.8. The highest BCUT2D eigenvalue weighted by molar-refractivity contribution is 5.77. The zero-order valence-electron chi connectivity index (χ0n) is 10.3. The monoisotopic (exact) mass is 212 g/mol. The fourth-order valence-electron chi connectivity index (χ4n) is 2.27. The molecule has 0 heterocycles. The lowest BCUT2D eigenvalue weighted by molar-refractivity contribution is -0.134. The molecule has 1 rings (SSSR count). The molecule has 3 heteroatoms. The predicted octanol–water partition coefficient (Wildman–Crippen LogP) is 1.90. The van der Waals surface area contributed by atoms with Crippen molar-refractivity contribution in [3.63, 3.8) is 0 Å². The standard InChI is InChI=1S/C12H24N2O/c1-4-10(5-2)14(3)11(15)9-12(13)7-6-8-12/h10H,4-9,13H2,1-3H3. The Labute approximate surface area is 93.0 Å². The minimum atomic E-state index is -0.183. The van der Waals surface area contributed by atoms with Crippen LogP contribution in [0.2, 0.25) is 0 Å². The normalized spacial score (nSPS) is 18.7. The molecule has 0 bridgehead atoms. The van der Waals surface area contributed by atoms with Gasteiger partial charge in [0.1, 0.15) is 0 Å². The number of nitrogens with zero attached hydrogens (tertiary/aromatic N) is 1. The van der Waals surface area contributed by atoms with Gasteiger partial charge in [0, 0.05) is 25.0 Å². The summed E-state index contributed by atoms with van der Waals surface area (Å²) in [6, 6.07) is 0.376. The van der Waals surface area contributed by atoms with Gasteiger partial charge in [0.2, 0.25) is 5.91 Å². The van der Waals surface area contributed by atoms with E-state index in [2.05, 4.69) is 13.8 Å². The van der Waals surface area contributed by atoms with Crippen LogP contribution < -0.4 is 5.73 Å². The topological polar surface area (TPSA) is 46.3 Å². The van der Waals surface area contributed by atoms with E-state index in [0.717, 1.165) is 25.7 Å². The minimum absolute atomic E-state index is 0.183. The van der Waals surface area contributed by atoms with Gasteiger partial charge in [-0.3, -0.25) is 4.79 Å². The van der Waals surface area contributed by atoms with Gasteiger partial charge < -0.3 is 10.6 Å². The number of hydrogen-bond acceptors (Lipinski definition) is 2. The third kappa shape index (κ3) is 2.94. The van der Waals surface area contributed by atoms with E-state index in [1.54, 1.807) is 0 Å². The molecule has 1 aliphatic carbocycles. The summed E-state index contributed by atoms with van der Waals surface area (Å²) in [5, 5.41) is 0. The van der Waals surface area contributed by atoms with E-state index in [0.29, 0.717) is 12.5 Å². The van der Waals surface area contributed by atoms with Crippen LogP contribution in [-0.2, 0) is 4.79 Å². The summed E-state index contributed by atoms with van der Waals surface area (Å²) in [6.45, 7) is 4.25. The first-order valence-corrected chi connectivity index (χ1v) is 6.07. The van der Waals surface area contributed by atoms with Crippen LogP contribution in [-0.4, -0.2) is 29.4 Å². The fraction of sp³-hybridized carbons (Fsp3) is 0.917. The molecule has 88 valence electrons. The smallest absolute Gasteiger partial charge is 0.224 e. The average molecular weight is 212 g/mol. The van der Waals surface area contributed by atoms with Gasteiger partial charge in [-0.05, 0) is 32.1 Å². The fourth-order valence-corrected chi connectivity index (χ4v) is 2.27. The van der Waals surface area contributed by atoms with Gasteiger partial charge in [0.15, 0.2) is 0 Å². The Balaban J connectivity index is 2.45. The van der Waals surface area contributed by atoms with E-state index < -0.39 is 0 Å². The van der Waals surface area contributed by atoms with Crippen molar-refractivity contribution in [2.24, 2.45) is 5.73 Å². The molecule has 0 atom stereocenters. The van der Waals surface area contributed by atoms with Gasteiger partial charge in [0.05, 0.1) is 0 Å². The molecular formula is C12H24N2O. The predicted molar refractivity (Wildman–Crippen MR) is 62.5 cm³/mol. The van der Waals surface area contributed by atoms with Crippen molar-refractivity contribution in [2.75, 3.05) is 7.05 Å². The van der Waals surface area contributed by atoms with E-state index in [1.807, 2.05) is 11.9 Å². The van der Waals surface area contributed by atoms with Crippen molar-refractivity contribution >= 4 is 5.91 Å². The lowest BCUT2D eigenvalue weighted by Gasteiger charge is -2.39. The van der Waals surface area contributed by atoms with Crippen LogP contribution in [0.1, 0.15) is 52.4 Å². The molecule has 0 aromatic rings. The van der Waals surface area contributed by atoms with Crippen LogP contribution in [0.5, 0.6) is 0 Å². The largest absolute Gasteiger partial charge is 0.343 e. The van der Waals surface area contributed by atoms with Crippen molar-refractivity contribution in [3.05, 3.63) is 0 Å². The third-order valence-electron chi connectivity index (χ3n) is 3.74. The molecule has 3 nitrogen and oxygen atoms in total. The molecule has 0 spiro atoms. The Bertz CT molecular complexity index is 220. The van der Waals surface area contributed by atoms with E-state index in [4.69, 9.17) is 5.73 Å². The maximum Gasteiger partial charge on any atom is 0.224 e. The Kier molecular flexibility index (Phi) is 4.14. The van der Waals surface area contributed by atoms with Gasteiger partial charge in [-0.1, -0.05) is 13.8 Å². The first-order valence-electron chi connectivity index (χ1n) is 6.07. The molecule has 1 saturated carbocycles. The molecule has 0 aliphatic heterocycles. The second-order valence-electron chi connectivity index (χ2n) is 4.87. The van der Waals surface area contributed by atoms with E-state index >= 15 is 0 Å². The average Bonchev–Trinajstić information content (AvgIpc) is 2.17. The highest BCUT2D eigenvalue weighted by Gasteiger charge is 2.36. The summed E-state index contributed by atoms with van der Waals surface area (Å²) < 4.78 is 0. The summed E-state index contributed by atoms with van der Waals surface area (Å²) in [5.41, 5.74) is 5.89. The summed E-state index contributed by atoms with van der Waals surface area (Å²) >= 11 is 0. The van der Waals surface area contributed by atoms with E-state index in [9.17, 15) is 4.79 Å². The van der Waals surface area contributed by atoms with E-state index in [1.165, 1.54) is 6.42 Å². The highest BCUT2D eigenvalue weighted by atomic mass is 16.2. The Morgan fingerprint density at radius 3 is 2.27 bits per heavy atom. The summed E-state index contributed by atoms with van der Waals surface area (Å²) in [6.07, 6.45) is 5.77. The number of nitrogens with two attached hydrogens (primary N) is 1. The zero-order chi connectivity index (χ0) is 11.5. The van der Waals surface area contributed by atoms with Gasteiger partial charge in [0.25, 0.3) is 0 Å². The molecule has 15 heavy (non-hydrogen) atoms. The summed E-state index contributed by atoms with van der Waals surface area (Å²) in [5.74, 6) is 0.214. The van der Waals surface area contributed by atoms with Crippen LogP contribution in [0.3, 0.4) is 0 Å². The van der Waals surface area contributed by atoms with Gasteiger partial charge in [-0.25, -0.2) is 0 Å². The lowest BCUT2D eigenvalue weighted by Crippen LogP contribution is -2.51. The number of rotatable bonds is 5. The second kappa shape index (κ2) is 4.97. The maximum atomic E-state index is 12.0. The van der Waals surface area contributed by atoms with Crippen LogP contribution in [0.4, 0.5) is 0 Å². The highest BCUT2D eigenvalue weighted by Crippen LogP contribution is 2.32. The Morgan fingerprint density at radius 1 is 1.40 bits per heavy atom. The molecule has 0 radical (unpaired) electrons. The molecule has 1 aliphatic rings. The number of amides is 1. The first kappa shape index (κ1) is 12.5. The molecular weight excluding hydrogens is 188 g/mol. The quantitative estimate of drug-likeness (QED) is 0.756. The SMILES string of the molecule is CCC(CC)N(C)C(=O)CC1(N)CCC1. The van der Waals surface area contributed by atoms with Crippen molar-refractivity contribution in [1.82, 2.24) is 4.90 Å². The Morgan fingerprint density at radius 2 is 1.93 bits per heavy atom. The van der Waals surface area contributed by atoms with Crippen LogP contribution >= 0.6 is 0 Å². The maximum absolute atomic E-state index is 12.0.